The van der Waals surface area contributed by atoms with Gasteiger partial charge >= 0.3 is 0 Å². The molecule has 2 aromatic heterocycles. The summed E-state index contributed by atoms with van der Waals surface area (Å²) in [6.45, 7) is 3.40. The second kappa shape index (κ2) is 6.09. The Morgan fingerprint density at radius 1 is 1.48 bits per heavy atom. The SMILES string of the molecule is Cn1cnc2c1[C@@H](C(=O)NCc1cccs1)CN(CC1CC1)C2. The van der Waals surface area contributed by atoms with Gasteiger partial charge in [0.1, 0.15) is 0 Å². The van der Waals surface area contributed by atoms with E-state index >= 15 is 0 Å². The number of nitrogens with one attached hydrogen (secondary N) is 1. The van der Waals surface area contributed by atoms with E-state index in [1.54, 1.807) is 11.3 Å². The van der Waals surface area contributed by atoms with Crippen LogP contribution < -0.4 is 5.32 Å². The van der Waals surface area contributed by atoms with Gasteiger partial charge in [0.05, 0.1) is 30.2 Å². The molecular formula is C17H22N4OS. The van der Waals surface area contributed by atoms with Crippen molar-refractivity contribution in [3.8, 4) is 0 Å². The van der Waals surface area contributed by atoms with Crippen LogP contribution in [0.15, 0.2) is 23.8 Å². The molecule has 2 aromatic rings. The lowest BCUT2D eigenvalue weighted by Gasteiger charge is -2.32. The zero-order valence-corrected chi connectivity index (χ0v) is 14.2. The van der Waals surface area contributed by atoms with E-state index in [2.05, 4.69) is 21.3 Å². The van der Waals surface area contributed by atoms with Gasteiger partial charge in [-0.1, -0.05) is 6.07 Å². The Morgan fingerprint density at radius 3 is 3.09 bits per heavy atom. The van der Waals surface area contributed by atoms with Gasteiger partial charge in [0.25, 0.3) is 0 Å². The lowest BCUT2D eigenvalue weighted by molar-refractivity contribution is -0.123. The van der Waals surface area contributed by atoms with E-state index in [0.29, 0.717) is 6.54 Å². The molecule has 1 amide bonds. The number of amides is 1. The Kier molecular flexibility index (Phi) is 3.95. The summed E-state index contributed by atoms with van der Waals surface area (Å²) >= 11 is 1.68. The van der Waals surface area contributed by atoms with E-state index < -0.39 is 0 Å². The van der Waals surface area contributed by atoms with Gasteiger partial charge in [-0.2, -0.15) is 0 Å². The van der Waals surface area contributed by atoms with Crippen LogP contribution in [0.1, 0.15) is 35.0 Å². The predicted octanol–water partition coefficient (Wildman–Crippen LogP) is 2.11. The number of nitrogens with zero attached hydrogens (tertiary/aromatic N) is 3. The summed E-state index contributed by atoms with van der Waals surface area (Å²) in [6, 6.07) is 4.07. The van der Waals surface area contributed by atoms with Crippen molar-refractivity contribution in [2.75, 3.05) is 13.1 Å². The molecule has 0 aromatic carbocycles. The number of hydrogen-bond donors (Lipinski definition) is 1. The highest BCUT2D eigenvalue weighted by Gasteiger charge is 2.35. The summed E-state index contributed by atoms with van der Waals surface area (Å²) in [5, 5.41) is 5.15. The van der Waals surface area contributed by atoms with Crippen LogP contribution in [0.2, 0.25) is 0 Å². The fourth-order valence-electron chi connectivity index (χ4n) is 3.40. The molecule has 1 atom stereocenters. The van der Waals surface area contributed by atoms with Crippen LogP contribution in [-0.4, -0.2) is 33.4 Å². The van der Waals surface area contributed by atoms with E-state index in [1.807, 2.05) is 29.4 Å². The van der Waals surface area contributed by atoms with Crippen molar-refractivity contribution in [2.45, 2.75) is 31.8 Å². The largest absolute Gasteiger partial charge is 0.351 e. The van der Waals surface area contributed by atoms with Crippen molar-refractivity contribution in [2.24, 2.45) is 13.0 Å². The summed E-state index contributed by atoms with van der Waals surface area (Å²) < 4.78 is 2.01. The molecule has 1 N–H and O–H groups in total. The van der Waals surface area contributed by atoms with Gasteiger partial charge in [-0.3, -0.25) is 9.69 Å². The van der Waals surface area contributed by atoms with Crippen LogP contribution in [0.3, 0.4) is 0 Å². The number of imidazole rings is 1. The molecule has 1 aliphatic heterocycles. The number of carbonyl (C=O) groups excluding carboxylic acids is 1. The standard InChI is InChI=1S/C17H22N4OS/c1-20-11-19-15-10-21(8-12-4-5-12)9-14(16(15)20)17(22)18-7-13-3-2-6-23-13/h2-3,6,11-12,14H,4-5,7-10H2,1H3,(H,18,22)/t14-/m0/s1. The maximum atomic E-state index is 12.8. The van der Waals surface area contributed by atoms with Crippen LogP contribution in [0.25, 0.3) is 0 Å². The van der Waals surface area contributed by atoms with Gasteiger partial charge in [0, 0.05) is 31.6 Å². The molecule has 0 bridgehead atoms. The Morgan fingerprint density at radius 2 is 2.35 bits per heavy atom. The minimum atomic E-state index is -0.120. The van der Waals surface area contributed by atoms with Crippen molar-refractivity contribution in [1.82, 2.24) is 19.8 Å². The highest BCUT2D eigenvalue weighted by Crippen LogP contribution is 2.34. The van der Waals surface area contributed by atoms with Gasteiger partial charge in [0.15, 0.2) is 0 Å². The average molecular weight is 330 g/mol. The number of thiophene rings is 1. The van der Waals surface area contributed by atoms with Crippen LogP contribution in [0, 0.1) is 5.92 Å². The second-order valence-corrected chi connectivity index (χ2v) is 7.71. The number of aryl methyl sites for hydroxylation is 1. The first kappa shape index (κ1) is 14.9. The predicted molar refractivity (Wildman–Crippen MR) is 90.1 cm³/mol. The number of fused-ring (bicyclic) bond motifs is 1. The van der Waals surface area contributed by atoms with Crippen LogP contribution >= 0.6 is 11.3 Å². The van der Waals surface area contributed by atoms with E-state index in [-0.39, 0.29) is 11.8 Å². The molecule has 5 nitrogen and oxygen atoms in total. The topological polar surface area (TPSA) is 50.2 Å². The first-order valence-corrected chi connectivity index (χ1v) is 9.11. The van der Waals surface area contributed by atoms with Gasteiger partial charge in [0.2, 0.25) is 5.91 Å². The number of carbonyl (C=O) groups is 1. The fraction of sp³-hybridized carbons (Fsp3) is 0.529. The number of hydrogen-bond acceptors (Lipinski definition) is 4. The molecule has 1 aliphatic carbocycles. The van der Waals surface area contributed by atoms with Gasteiger partial charge in [-0.25, -0.2) is 4.98 Å². The highest BCUT2D eigenvalue weighted by atomic mass is 32.1. The third-order valence-electron chi connectivity index (χ3n) is 4.75. The number of aromatic nitrogens is 2. The lowest BCUT2D eigenvalue weighted by Crippen LogP contribution is -2.42. The Labute approximate surface area is 140 Å². The quantitative estimate of drug-likeness (QED) is 0.913. The normalized spacial score (nSPS) is 21.2. The second-order valence-electron chi connectivity index (χ2n) is 6.67. The van der Waals surface area contributed by atoms with Crippen molar-refractivity contribution >= 4 is 17.2 Å². The van der Waals surface area contributed by atoms with Crippen molar-refractivity contribution in [3.63, 3.8) is 0 Å². The summed E-state index contributed by atoms with van der Waals surface area (Å²) in [6.07, 6.45) is 4.51. The molecule has 23 heavy (non-hydrogen) atoms. The minimum absolute atomic E-state index is 0.115. The van der Waals surface area contributed by atoms with Gasteiger partial charge in [-0.15, -0.1) is 11.3 Å². The van der Waals surface area contributed by atoms with E-state index in [4.69, 9.17) is 0 Å². The lowest BCUT2D eigenvalue weighted by atomic mass is 9.97. The van der Waals surface area contributed by atoms with Gasteiger partial charge < -0.3 is 9.88 Å². The van der Waals surface area contributed by atoms with Crippen LogP contribution in [0.5, 0.6) is 0 Å². The third kappa shape index (κ3) is 3.19. The molecule has 1 fully saturated rings. The first-order chi connectivity index (χ1) is 11.2. The molecule has 1 saturated carbocycles. The van der Waals surface area contributed by atoms with Crippen molar-refractivity contribution in [3.05, 3.63) is 40.1 Å². The van der Waals surface area contributed by atoms with Crippen molar-refractivity contribution < 1.29 is 4.79 Å². The maximum Gasteiger partial charge on any atom is 0.230 e. The summed E-state index contributed by atoms with van der Waals surface area (Å²) in [5.74, 6) is 0.823. The molecule has 0 radical (unpaired) electrons. The molecule has 2 aliphatic rings. The monoisotopic (exact) mass is 330 g/mol. The molecule has 0 unspecified atom stereocenters. The Hall–Kier alpha value is -1.66. The summed E-state index contributed by atoms with van der Waals surface area (Å²) in [7, 11) is 1.99. The third-order valence-corrected chi connectivity index (χ3v) is 5.63. The summed E-state index contributed by atoms with van der Waals surface area (Å²) in [5.41, 5.74) is 2.15. The fourth-order valence-corrected chi connectivity index (χ4v) is 4.04. The first-order valence-electron chi connectivity index (χ1n) is 8.23. The Balaban J connectivity index is 1.49. The molecule has 0 saturated heterocycles. The smallest absolute Gasteiger partial charge is 0.230 e. The van der Waals surface area contributed by atoms with Crippen molar-refractivity contribution in [1.29, 1.82) is 0 Å². The van der Waals surface area contributed by atoms with E-state index in [0.717, 1.165) is 36.9 Å². The number of rotatable bonds is 5. The van der Waals surface area contributed by atoms with E-state index in [9.17, 15) is 4.79 Å². The van der Waals surface area contributed by atoms with E-state index in [1.165, 1.54) is 17.7 Å². The molecule has 0 spiro atoms. The average Bonchev–Trinajstić information content (AvgIpc) is 3.06. The zero-order chi connectivity index (χ0) is 15.8. The molecule has 4 rings (SSSR count). The minimum Gasteiger partial charge on any atom is -0.351 e. The zero-order valence-electron chi connectivity index (χ0n) is 13.4. The molecule has 122 valence electrons. The summed E-state index contributed by atoms with van der Waals surface area (Å²) in [4.78, 5) is 20.9. The molecular weight excluding hydrogens is 308 g/mol. The highest BCUT2D eigenvalue weighted by molar-refractivity contribution is 7.09. The van der Waals surface area contributed by atoms with Gasteiger partial charge in [-0.05, 0) is 30.2 Å². The molecule has 6 heteroatoms. The maximum absolute atomic E-state index is 12.8. The Bertz CT molecular complexity index is 690. The van der Waals surface area contributed by atoms with Crippen LogP contribution in [0.4, 0.5) is 0 Å². The van der Waals surface area contributed by atoms with Crippen LogP contribution in [-0.2, 0) is 24.9 Å². The molecule has 3 heterocycles.